The molecule has 0 atom stereocenters. The Morgan fingerprint density at radius 2 is 1.91 bits per heavy atom. The summed E-state index contributed by atoms with van der Waals surface area (Å²) in [6.07, 6.45) is 4.22. The van der Waals surface area contributed by atoms with Crippen molar-refractivity contribution >= 4 is 15.9 Å². The summed E-state index contributed by atoms with van der Waals surface area (Å²) in [7, 11) is -3.57. The Morgan fingerprint density at radius 3 is 2.61 bits per heavy atom. The molecule has 6 nitrogen and oxygen atoms in total. The van der Waals surface area contributed by atoms with E-state index in [0.29, 0.717) is 24.9 Å². The number of nitrogens with zero attached hydrogens (tertiary/aromatic N) is 2. The number of carbonyl (C=O) groups is 1. The Kier molecular flexibility index (Phi) is 6.13. The molecule has 1 saturated heterocycles. The van der Waals surface area contributed by atoms with Crippen LogP contribution in [0.2, 0.25) is 0 Å². The van der Waals surface area contributed by atoms with Gasteiger partial charge in [-0.05, 0) is 43.5 Å². The van der Waals surface area contributed by atoms with Gasteiger partial charge in [0.2, 0.25) is 15.9 Å². The Morgan fingerprint density at radius 1 is 1.17 bits per heavy atom. The lowest BCUT2D eigenvalue weighted by molar-refractivity contribution is -0.130. The van der Waals surface area contributed by atoms with Gasteiger partial charge < -0.3 is 4.90 Å². The van der Waals surface area contributed by atoms with Crippen molar-refractivity contribution in [2.24, 2.45) is 0 Å². The van der Waals surface area contributed by atoms with Crippen LogP contribution in [0.3, 0.4) is 0 Å². The monoisotopic (exact) mass is 335 g/mol. The van der Waals surface area contributed by atoms with E-state index in [2.05, 4.69) is 4.72 Å². The molecule has 1 heterocycles. The highest BCUT2D eigenvalue weighted by atomic mass is 32.2. The van der Waals surface area contributed by atoms with Crippen molar-refractivity contribution < 1.29 is 13.2 Å². The summed E-state index contributed by atoms with van der Waals surface area (Å²) in [6, 6.07) is 7.74. The molecule has 0 bridgehead atoms. The van der Waals surface area contributed by atoms with Crippen LogP contribution in [0.1, 0.15) is 37.7 Å². The first-order valence-electron chi connectivity index (χ1n) is 7.80. The predicted octanol–water partition coefficient (Wildman–Crippen LogP) is 1.63. The predicted molar refractivity (Wildman–Crippen MR) is 86.0 cm³/mol. The van der Waals surface area contributed by atoms with E-state index < -0.39 is 10.0 Å². The maximum Gasteiger partial charge on any atom is 0.240 e. The van der Waals surface area contributed by atoms with E-state index in [9.17, 15) is 13.2 Å². The van der Waals surface area contributed by atoms with E-state index >= 15 is 0 Å². The van der Waals surface area contributed by atoms with Crippen LogP contribution >= 0.6 is 0 Å². The minimum absolute atomic E-state index is 0.141. The molecule has 0 spiro atoms. The highest BCUT2D eigenvalue weighted by Gasteiger charge is 2.17. The molecule has 1 N–H and O–H groups in total. The number of nitrogens with one attached hydrogen (secondary N) is 1. The quantitative estimate of drug-likeness (QED) is 0.800. The Balaban J connectivity index is 1.82. The summed E-state index contributed by atoms with van der Waals surface area (Å²) in [4.78, 5) is 13.8. The van der Waals surface area contributed by atoms with Gasteiger partial charge in [-0.25, -0.2) is 13.1 Å². The molecular weight excluding hydrogens is 314 g/mol. The molecule has 1 amide bonds. The van der Waals surface area contributed by atoms with E-state index in [1.165, 1.54) is 24.3 Å². The van der Waals surface area contributed by atoms with E-state index in [4.69, 9.17) is 5.26 Å². The molecule has 0 unspecified atom stereocenters. The number of benzene rings is 1. The molecule has 1 aliphatic rings. The number of sulfonamides is 1. The summed E-state index contributed by atoms with van der Waals surface area (Å²) in [5.41, 5.74) is 0.420. The first-order chi connectivity index (χ1) is 11.0. The van der Waals surface area contributed by atoms with Crippen LogP contribution in [0.5, 0.6) is 0 Å². The summed E-state index contributed by atoms with van der Waals surface area (Å²) < 4.78 is 26.8. The van der Waals surface area contributed by atoms with Gasteiger partial charge in [-0.1, -0.05) is 6.42 Å². The zero-order valence-electron chi connectivity index (χ0n) is 13.0. The van der Waals surface area contributed by atoms with Gasteiger partial charge in [0.1, 0.15) is 0 Å². The maximum absolute atomic E-state index is 12.1. The third kappa shape index (κ3) is 5.05. The van der Waals surface area contributed by atoms with Crippen LogP contribution in [0, 0.1) is 11.3 Å². The van der Waals surface area contributed by atoms with Crippen LogP contribution in [0.15, 0.2) is 29.2 Å². The zero-order valence-corrected chi connectivity index (χ0v) is 13.8. The highest BCUT2D eigenvalue weighted by Crippen LogP contribution is 2.12. The van der Waals surface area contributed by atoms with Gasteiger partial charge in [0.15, 0.2) is 0 Å². The molecule has 1 aromatic carbocycles. The third-order valence-electron chi connectivity index (χ3n) is 3.86. The number of likely N-dealkylation sites (tertiary alicyclic amines) is 1. The van der Waals surface area contributed by atoms with Gasteiger partial charge in [0.25, 0.3) is 0 Å². The van der Waals surface area contributed by atoms with E-state index in [1.54, 1.807) is 0 Å². The van der Waals surface area contributed by atoms with Crippen LogP contribution in [0.4, 0.5) is 0 Å². The van der Waals surface area contributed by atoms with Gasteiger partial charge in [0, 0.05) is 26.1 Å². The topological polar surface area (TPSA) is 90.3 Å². The second-order valence-corrected chi connectivity index (χ2v) is 7.35. The van der Waals surface area contributed by atoms with E-state index in [0.717, 1.165) is 25.8 Å². The smallest absolute Gasteiger partial charge is 0.240 e. The fourth-order valence-electron chi connectivity index (χ4n) is 2.54. The van der Waals surface area contributed by atoms with Gasteiger partial charge in [-0.3, -0.25) is 4.79 Å². The minimum atomic E-state index is -3.57. The lowest BCUT2D eigenvalue weighted by Gasteiger charge is -2.20. The van der Waals surface area contributed by atoms with Crippen molar-refractivity contribution in [3.8, 4) is 6.07 Å². The molecule has 1 aromatic rings. The normalized spacial score (nSPS) is 16.0. The number of carbonyl (C=O) groups excluding carboxylic acids is 1. The molecule has 7 heteroatoms. The zero-order chi connectivity index (χ0) is 16.7. The minimum Gasteiger partial charge on any atom is -0.343 e. The van der Waals surface area contributed by atoms with E-state index in [-0.39, 0.29) is 17.3 Å². The van der Waals surface area contributed by atoms with Crippen LogP contribution in [-0.4, -0.2) is 38.9 Å². The standard InChI is InChI=1S/C16H21N3O3S/c17-13-14-6-8-15(9-7-14)23(21,22)18-10-4-12-19-11-3-1-2-5-16(19)20/h6-9,18H,1-5,10-12H2. The molecule has 1 aliphatic heterocycles. The fourth-order valence-corrected chi connectivity index (χ4v) is 3.62. The second kappa shape index (κ2) is 8.09. The van der Waals surface area contributed by atoms with Crippen molar-refractivity contribution in [2.75, 3.05) is 19.6 Å². The number of amides is 1. The lowest BCUT2D eigenvalue weighted by atomic mass is 10.2. The fraction of sp³-hybridized carbons (Fsp3) is 0.500. The Bertz CT molecular complexity index is 678. The van der Waals surface area contributed by atoms with Gasteiger partial charge in [-0.15, -0.1) is 0 Å². The molecule has 124 valence electrons. The van der Waals surface area contributed by atoms with Crippen LogP contribution in [0.25, 0.3) is 0 Å². The van der Waals surface area contributed by atoms with E-state index in [1.807, 2.05) is 11.0 Å². The summed E-state index contributed by atoms with van der Waals surface area (Å²) >= 11 is 0. The maximum atomic E-state index is 12.1. The molecule has 0 saturated carbocycles. The molecule has 2 rings (SSSR count). The number of hydrogen-bond donors (Lipinski definition) is 1. The SMILES string of the molecule is N#Cc1ccc(S(=O)(=O)NCCCN2CCCCCC2=O)cc1. The van der Waals surface area contributed by atoms with Crippen molar-refractivity contribution in [3.63, 3.8) is 0 Å². The lowest BCUT2D eigenvalue weighted by Crippen LogP contribution is -2.34. The molecule has 0 radical (unpaired) electrons. The first kappa shape index (κ1) is 17.4. The largest absolute Gasteiger partial charge is 0.343 e. The van der Waals surface area contributed by atoms with Gasteiger partial charge in [-0.2, -0.15) is 5.26 Å². The van der Waals surface area contributed by atoms with Crippen molar-refractivity contribution in [2.45, 2.75) is 37.0 Å². The second-order valence-electron chi connectivity index (χ2n) is 5.58. The van der Waals surface area contributed by atoms with Crippen molar-refractivity contribution in [3.05, 3.63) is 29.8 Å². The average molecular weight is 335 g/mol. The van der Waals surface area contributed by atoms with Gasteiger partial charge in [0.05, 0.1) is 16.5 Å². The molecule has 23 heavy (non-hydrogen) atoms. The van der Waals surface area contributed by atoms with Crippen LogP contribution in [-0.2, 0) is 14.8 Å². The van der Waals surface area contributed by atoms with Gasteiger partial charge >= 0.3 is 0 Å². The Labute approximate surface area is 137 Å². The van der Waals surface area contributed by atoms with Crippen molar-refractivity contribution in [1.82, 2.24) is 9.62 Å². The summed E-state index contributed by atoms with van der Waals surface area (Å²) in [6.45, 7) is 1.63. The molecule has 0 aliphatic carbocycles. The molecular formula is C16H21N3O3S. The molecule has 0 aromatic heterocycles. The Hall–Kier alpha value is -1.91. The number of nitriles is 1. The summed E-state index contributed by atoms with van der Waals surface area (Å²) in [5, 5.41) is 8.72. The average Bonchev–Trinajstić information content (AvgIpc) is 2.76. The summed E-state index contributed by atoms with van der Waals surface area (Å²) in [5.74, 6) is 0.164. The number of rotatable bonds is 6. The number of hydrogen-bond acceptors (Lipinski definition) is 4. The third-order valence-corrected chi connectivity index (χ3v) is 5.34. The van der Waals surface area contributed by atoms with Crippen molar-refractivity contribution in [1.29, 1.82) is 5.26 Å². The first-order valence-corrected chi connectivity index (χ1v) is 9.29. The highest BCUT2D eigenvalue weighted by molar-refractivity contribution is 7.89. The van der Waals surface area contributed by atoms with Crippen LogP contribution < -0.4 is 4.72 Å². The molecule has 1 fully saturated rings.